The number of ether oxygens (including phenoxy) is 4. The molecule has 91 heavy (non-hydrogen) atoms. The zero-order valence-corrected chi connectivity index (χ0v) is 61.1. The van der Waals surface area contributed by atoms with Crippen LogP contribution in [0.3, 0.4) is 0 Å². The van der Waals surface area contributed by atoms with E-state index in [4.69, 9.17) is 37.0 Å². The Bertz CT molecular complexity index is 1790. The molecule has 0 heterocycles. The summed E-state index contributed by atoms with van der Waals surface area (Å²) in [5.74, 6) is -0.0285. The zero-order chi connectivity index (χ0) is 67.3. The van der Waals surface area contributed by atoms with E-state index in [1.54, 1.807) is 0 Å². The molecule has 19 heteroatoms. The lowest BCUT2D eigenvalue weighted by Crippen LogP contribution is -2.30. The Balaban J connectivity index is 5.13. The summed E-state index contributed by atoms with van der Waals surface area (Å²) in [5, 5.41) is 10.6. The maximum Gasteiger partial charge on any atom is 0.472 e. The summed E-state index contributed by atoms with van der Waals surface area (Å²) in [7, 11) is -9.90. The number of phosphoric ester groups is 2. The molecular weight excluding hydrogens is 1200 g/mol. The van der Waals surface area contributed by atoms with Crippen molar-refractivity contribution < 1.29 is 80.2 Å². The van der Waals surface area contributed by atoms with Gasteiger partial charge in [-0.2, -0.15) is 0 Å². The van der Waals surface area contributed by atoms with Crippen LogP contribution in [0.2, 0.25) is 0 Å². The van der Waals surface area contributed by atoms with Gasteiger partial charge in [-0.05, 0) is 43.4 Å². The minimum atomic E-state index is -4.95. The van der Waals surface area contributed by atoms with Crippen molar-refractivity contribution in [3.8, 4) is 0 Å². The van der Waals surface area contributed by atoms with Crippen LogP contribution in [0, 0.1) is 17.8 Å². The number of hydrogen-bond acceptors (Lipinski definition) is 15. The van der Waals surface area contributed by atoms with Crippen molar-refractivity contribution >= 4 is 39.5 Å². The quantitative estimate of drug-likeness (QED) is 0.0222. The summed E-state index contributed by atoms with van der Waals surface area (Å²) in [6, 6.07) is 0. The maximum absolute atomic E-state index is 13.0. The second-order valence-electron chi connectivity index (χ2n) is 27.2. The predicted molar refractivity (Wildman–Crippen MR) is 368 cm³/mol. The molecule has 0 aliphatic rings. The van der Waals surface area contributed by atoms with Crippen molar-refractivity contribution in [2.75, 3.05) is 39.6 Å². The van der Waals surface area contributed by atoms with Crippen LogP contribution >= 0.6 is 15.6 Å². The second-order valence-corrected chi connectivity index (χ2v) is 30.1. The third-order valence-corrected chi connectivity index (χ3v) is 18.9. The van der Waals surface area contributed by atoms with E-state index in [-0.39, 0.29) is 25.7 Å². The van der Waals surface area contributed by atoms with Gasteiger partial charge in [0.1, 0.15) is 19.3 Å². The Morgan fingerprint density at radius 3 is 0.835 bits per heavy atom. The molecule has 0 aromatic rings. The molecule has 6 atom stereocenters. The van der Waals surface area contributed by atoms with Crippen molar-refractivity contribution in [3.63, 3.8) is 0 Å². The fraction of sp³-hybridized carbons (Fsp3) is 0.944. The second kappa shape index (κ2) is 62.8. The summed E-state index contributed by atoms with van der Waals surface area (Å²) in [6.07, 6.45) is 47.8. The Kier molecular flexibility index (Phi) is 61.5. The third kappa shape index (κ3) is 65.1. The van der Waals surface area contributed by atoms with Crippen molar-refractivity contribution in [2.24, 2.45) is 17.8 Å². The Morgan fingerprint density at radius 2 is 0.560 bits per heavy atom. The molecule has 0 aliphatic carbocycles. The third-order valence-electron chi connectivity index (χ3n) is 17.0. The summed E-state index contributed by atoms with van der Waals surface area (Å²) in [5.41, 5.74) is 0. The van der Waals surface area contributed by atoms with E-state index in [9.17, 15) is 43.2 Å². The average molecular weight is 1340 g/mol. The molecule has 0 aromatic heterocycles. The highest BCUT2D eigenvalue weighted by Gasteiger charge is 2.30. The molecule has 3 unspecified atom stereocenters. The Morgan fingerprint density at radius 1 is 0.319 bits per heavy atom. The zero-order valence-electron chi connectivity index (χ0n) is 59.3. The number of carbonyl (C=O) groups is 4. The van der Waals surface area contributed by atoms with Gasteiger partial charge in [0.2, 0.25) is 0 Å². The standard InChI is InChI=1S/C72H140O17P2/c1-8-10-11-12-13-14-15-16-17-18-19-20-21-22-23-24-25-26-27-30-41-48-55-71(76)88-67(59-82-69(74)53-46-39-31-28-29-36-43-50-63(3)4)61-86-90(78,79)84-57-66(73)58-85-91(80,81)87-62-68(60-83-70(75)54-47-40-34-32-37-44-51-64(5)6)89-72(77)56-49-42-35-33-38-45-52-65(7)9-2/h63-68,73H,8-62H2,1-7H3,(H,78,79)(H,80,81)/t65?,66-,67-,68-/m1/s1. The van der Waals surface area contributed by atoms with Crippen LogP contribution in [0.4, 0.5) is 0 Å². The highest BCUT2D eigenvalue weighted by atomic mass is 31.2. The molecule has 0 rings (SSSR count). The molecule has 0 fully saturated rings. The van der Waals surface area contributed by atoms with Gasteiger partial charge in [0, 0.05) is 25.7 Å². The first-order valence-corrected chi connectivity index (χ1v) is 40.4. The van der Waals surface area contributed by atoms with E-state index in [1.807, 2.05) is 0 Å². The number of esters is 4. The Labute approximate surface area is 556 Å². The SMILES string of the molecule is CCCCCCCCCCCCCCCCCCCCCCCCC(=O)O[C@H](COC(=O)CCCCCCCCCC(C)C)COP(=O)(O)OC[C@@H](O)COP(=O)(O)OC[C@@H](COC(=O)CCCCCCCCC(C)C)OC(=O)CCCCCCCCC(C)CC. The number of rotatable bonds is 70. The molecule has 0 saturated carbocycles. The maximum atomic E-state index is 13.0. The van der Waals surface area contributed by atoms with E-state index in [1.165, 1.54) is 161 Å². The van der Waals surface area contributed by atoms with E-state index >= 15 is 0 Å². The lowest BCUT2D eigenvalue weighted by atomic mass is 10.00. The molecule has 0 amide bonds. The van der Waals surface area contributed by atoms with Gasteiger partial charge in [-0.25, -0.2) is 9.13 Å². The van der Waals surface area contributed by atoms with Gasteiger partial charge >= 0.3 is 39.5 Å². The van der Waals surface area contributed by atoms with Gasteiger partial charge in [-0.1, -0.05) is 312 Å². The van der Waals surface area contributed by atoms with Gasteiger partial charge < -0.3 is 33.8 Å². The molecular formula is C72H140O17P2. The van der Waals surface area contributed by atoms with Crippen LogP contribution < -0.4 is 0 Å². The van der Waals surface area contributed by atoms with E-state index in [2.05, 4.69) is 48.5 Å². The van der Waals surface area contributed by atoms with E-state index < -0.39 is 97.5 Å². The number of hydrogen-bond donors (Lipinski definition) is 3. The van der Waals surface area contributed by atoms with Crippen LogP contribution in [0.5, 0.6) is 0 Å². The number of aliphatic hydroxyl groups excluding tert-OH is 1. The van der Waals surface area contributed by atoms with Crippen LogP contribution in [-0.2, 0) is 65.4 Å². The molecule has 0 aromatic carbocycles. The van der Waals surface area contributed by atoms with Crippen molar-refractivity contribution in [2.45, 2.75) is 381 Å². The normalized spacial score (nSPS) is 14.5. The first kappa shape index (κ1) is 89.1. The average Bonchev–Trinajstić information content (AvgIpc) is 3.67. The number of carbonyl (C=O) groups excluding carboxylic acids is 4. The lowest BCUT2D eigenvalue weighted by molar-refractivity contribution is -0.161. The number of aliphatic hydroxyl groups is 1. The first-order valence-electron chi connectivity index (χ1n) is 37.4. The molecule has 0 aliphatic heterocycles. The summed E-state index contributed by atoms with van der Waals surface area (Å²) in [6.45, 7) is 11.7. The van der Waals surface area contributed by atoms with E-state index in [0.29, 0.717) is 37.5 Å². The smallest absolute Gasteiger partial charge is 0.462 e. The summed E-state index contributed by atoms with van der Waals surface area (Å²) >= 11 is 0. The molecule has 0 radical (unpaired) electrons. The minimum absolute atomic E-state index is 0.102. The van der Waals surface area contributed by atoms with Gasteiger partial charge in [-0.3, -0.25) is 37.3 Å². The molecule has 3 N–H and O–H groups in total. The highest BCUT2D eigenvalue weighted by Crippen LogP contribution is 2.45. The topological polar surface area (TPSA) is 237 Å². The Hall–Kier alpha value is -1.94. The fourth-order valence-corrected chi connectivity index (χ4v) is 12.4. The minimum Gasteiger partial charge on any atom is -0.462 e. The molecule has 0 saturated heterocycles. The van der Waals surface area contributed by atoms with Gasteiger partial charge in [0.15, 0.2) is 12.2 Å². The summed E-state index contributed by atoms with van der Waals surface area (Å²) < 4.78 is 68.2. The predicted octanol–water partition coefficient (Wildman–Crippen LogP) is 20.6. The highest BCUT2D eigenvalue weighted by molar-refractivity contribution is 7.47. The summed E-state index contributed by atoms with van der Waals surface area (Å²) in [4.78, 5) is 72.5. The van der Waals surface area contributed by atoms with Crippen LogP contribution in [0.15, 0.2) is 0 Å². The van der Waals surface area contributed by atoms with Crippen molar-refractivity contribution in [1.82, 2.24) is 0 Å². The largest absolute Gasteiger partial charge is 0.472 e. The van der Waals surface area contributed by atoms with Crippen LogP contribution in [0.25, 0.3) is 0 Å². The lowest BCUT2D eigenvalue weighted by Gasteiger charge is -2.21. The monoisotopic (exact) mass is 1340 g/mol. The van der Waals surface area contributed by atoms with Gasteiger partial charge in [-0.15, -0.1) is 0 Å². The molecule has 0 bridgehead atoms. The van der Waals surface area contributed by atoms with Crippen molar-refractivity contribution in [1.29, 1.82) is 0 Å². The van der Waals surface area contributed by atoms with Gasteiger partial charge in [0.05, 0.1) is 26.4 Å². The fourth-order valence-electron chi connectivity index (χ4n) is 10.9. The molecule has 540 valence electrons. The molecule has 17 nitrogen and oxygen atoms in total. The van der Waals surface area contributed by atoms with E-state index in [0.717, 1.165) is 109 Å². The van der Waals surface area contributed by atoms with Crippen molar-refractivity contribution in [3.05, 3.63) is 0 Å². The first-order chi connectivity index (χ1) is 43.8. The van der Waals surface area contributed by atoms with Crippen LogP contribution in [0.1, 0.15) is 363 Å². The van der Waals surface area contributed by atoms with Crippen LogP contribution in [-0.4, -0.2) is 96.7 Å². The number of unbranched alkanes of at least 4 members (excludes halogenated alkanes) is 37. The molecule has 0 spiro atoms. The number of phosphoric acid groups is 2. The van der Waals surface area contributed by atoms with Gasteiger partial charge in [0.25, 0.3) is 0 Å².